The molecule has 5 amide bonds. The van der Waals surface area contributed by atoms with Crippen LogP contribution in [0.2, 0.25) is 0 Å². The van der Waals surface area contributed by atoms with Crippen LogP contribution in [0, 0.1) is 5.92 Å². The Labute approximate surface area is 358 Å². The van der Waals surface area contributed by atoms with E-state index in [2.05, 4.69) is 17.2 Å². The number of hydrogen-bond acceptors (Lipinski definition) is 12. The number of nitrogens with two attached hydrogens (primary N) is 1. The van der Waals surface area contributed by atoms with Crippen molar-refractivity contribution in [3.05, 3.63) is 97.6 Å². The standard InChI is InChI=1S/C43H47ClN6O10S/c1-6-27-22-43(27,45)40(54)50(61(56,57)30-15-11-8-12-16-30)39(53)35-20-29(25-49(35)38(52)34(24-46-37(51)23-44)48-41(55)60-42(2,3)4)59-36-21-32(26-13-9-7-10-14-26)47-33-19-28(58-5)17-18-31(33)36/h6-19,21,27,29,34-35H,1,20,22-25,45H2,2-5H3,(H,46,51)(H,48,55)/t27-,29?,34?,35+,43-/m1/s1. The van der Waals surface area contributed by atoms with Gasteiger partial charge in [-0.05, 0) is 51.5 Å². The maximum absolute atomic E-state index is 15.0. The Bertz CT molecular complexity index is 2450. The fourth-order valence-electron chi connectivity index (χ4n) is 7.01. The number of carbonyl (C=O) groups excluding carboxylic acids is 5. The minimum absolute atomic E-state index is 0.0221. The van der Waals surface area contributed by atoms with Crippen molar-refractivity contribution in [1.29, 1.82) is 0 Å². The molecular formula is C43H47ClN6O10S. The molecule has 18 heteroatoms. The number of nitrogens with zero attached hydrogens (tertiary/aromatic N) is 3. The summed E-state index contributed by atoms with van der Waals surface area (Å²) in [6.45, 7) is 7.68. The summed E-state index contributed by atoms with van der Waals surface area (Å²) in [5.41, 5.74) is 5.47. The SMILES string of the molecule is C=C[C@@H]1C[C@]1(N)C(=O)N(C(=O)[C@@H]1CC(Oc2cc(-c3ccccc3)nc3cc(OC)ccc23)CN1C(=O)C(CNC(=O)CCl)NC(=O)OC(C)(C)C)S(=O)(=O)c1ccccc1. The topological polar surface area (TPSA) is 217 Å². The summed E-state index contributed by atoms with van der Waals surface area (Å²) in [4.78, 5) is 75.0. The van der Waals surface area contributed by atoms with Gasteiger partial charge in [0.05, 0.1) is 29.8 Å². The number of halogens is 1. The number of nitrogens with one attached hydrogen (secondary N) is 2. The number of alkyl halides is 1. The summed E-state index contributed by atoms with van der Waals surface area (Å²) in [5.74, 6) is -4.35. The molecule has 0 bridgehead atoms. The van der Waals surface area contributed by atoms with Crippen LogP contribution in [0.1, 0.15) is 33.6 Å². The first kappa shape index (κ1) is 44.5. The van der Waals surface area contributed by atoms with Crippen LogP contribution in [0.4, 0.5) is 4.79 Å². The zero-order chi connectivity index (χ0) is 44.3. The number of aromatic nitrogens is 1. The molecule has 4 aromatic rings. The Morgan fingerprint density at radius 3 is 2.33 bits per heavy atom. The first-order chi connectivity index (χ1) is 28.9. The third-order valence-electron chi connectivity index (χ3n) is 10.2. The van der Waals surface area contributed by atoms with Crippen LogP contribution >= 0.6 is 11.6 Å². The number of amides is 5. The first-order valence-corrected chi connectivity index (χ1v) is 21.3. The van der Waals surface area contributed by atoms with Crippen LogP contribution in [-0.4, -0.2) is 108 Å². The van der Waals surface area contributed by atoms with E-state index in [0.29, 0.717) is 28.1 Å². The molecule has 5 atom stereocenters. The molecule has 2 heterocycles. The minimum atomic E-state index is -4.93. The van der Waals surface area contributed by atoms with E-state index >= 15 is 4.79 Å². The molecule has 322 valence electrons. The normalized spacial score (nSPS) is 20.2. The molecular weight excluding hydrogens is 828 g/mol. The van der Waals surface area contributed by atoms with Gasteiger partial charge >= 0.3 is 6.09 Å². The third kappa shape index (κ3) is 9.79. The summed E-state index contributed by atoms with van der Waals surface area (Å²) in [6.07, 6.45) is -0.932. The molecule has 2 fully saturated rings. The molecule has 1 aromatic heterocycles. The average Bonchev–Trinajstić information content (AvgIpc) is 3.75. The quantitative estimate of drug-likeness (QED) is 0.0926. The smallest absolute Gasteiger partial charge is 0.408 e. The molecule has 1 aliphatic carbocycles. The predicted octanol–water partition coefficient (Wildman–Crippen LogP) is 4.15. The largest absolute Gasteiger partial charge is 0.497 e. The molecule has 1 saturated carbocycles. The lowest BCUT2D eigenvalue weighted by molar-refractivity contribution is -0.147. The molecule has 2 aliphatic rings. The number of rotatable bonds is 14. The number of imide groups is 1. The number of carbonyl (C=O) groups is 5. The number of likely N-dealkylation sites (tertiary alicyclic amines) is 1. The summed E-state index contributed by atoms with van der Waals surface area (Å²) in [5, 5.41) is 5.48. The van der Waals surface area contributed by atoms with E-state index in [1.807, 2.05) is 30.3 Å². The Hall–Kier alpha value is -6.04. The Morgan fingerprint density at radius 1 is 1.05 bits per heavy atom. The third-order valence-corrected chi connectivity index (χ3v) is 12.1. The lowest BCUT2D eigenvalue weighted by Gasteiger charge is -2.32. The fourth-order valence-corrected chi connectivity index (χ4v) is 8.56. The molecule has 16 nitrogen and oxygen atoms in total. The summed E-state index contributed by atoms with van der Waals surface area (Å²) >= 11 is 5.72. The zero-order valence-electron chi connectivity index (χ0n) is 34.0. The van der Waals surface area contributed by atoms with Gasteiger partial charge in [0.2, 0.25) is 11.8 Å². The van der Waals surface area contributed by atoms with Crippen LogP contribution < -0.4 is 25.8 Å². The Kier molecular flexibility index (Phi) is 13.1. The van der Waals surface area contributed by atoms with Gasteiger partial charge in [-0.3, -0.25) is 19.2 Å². The summed E-state index contributed by atoms with van der Waals surface area (Å²) in [7, 11) is -3.41. The van der Waals surface area contributed by atoms with Crippen LogP contribution in [0.5, 0.6) is 11.5 Å². The minimum Gasteiger partial charge on any atom is -0.497 e. The van der Waals surface area contributed by atoms with E-state index in [9.17, 15) is 27.6 Å². The van der Waals surface area contributed by atoms with Gasteiger partial charge in [0.15, 0.2) is 0 Å². The lowest BCUT2D eigenvalue weighted by Crippen LogP contribution is -2.60. The highest BCUT2D eigenvalue weighted by atomic mass is 35.5. The van der Waals surface area contributed by atoms with Crippen LogP contribution in [0.3, 0.4) is 0 Å². The highest BCUT2D eigenvalue weighted by Gasteiger charge is 2.61. The summed E-state index contributed by atoms with van der Waals surface area (Å²) < 4.78 is 46.4. The number of pyridine rings is 1. The highest BCUT2D eigenvalue weighted by molar-refractivity contribution is 7.90. The number of fused-ring (bicyclic) bond motifs is 1. The van der Waals surface area contributed by atoms with Gasteiger partial charge in [0.25, 0.3) is 21.8 Å². The number of hydrogen-bond donors (Lipinski definition) is 3. The monoisotopic (exact) mass is 874 g/mol. The van der Waals surface area contributed by atoms with Crippen molar-refractivity contribution in [3.63, 3.8) is 0 Å². The van der Waals surface area contributed by atoms with Gasteiger partial charge in [-0.25, -0.2) is 18.2 Å². The average molecular weight is 875 g/mol. The van der Waals surface area contributed by atoms with Gasteiger partial charge in [0.1, 0.15) is 46.7 Å². The summed E-state index contributed by atoms with van der Waals surface area (Å²) in [6, 6.07) is 19.8. The first-order valence-electron chi connectivity index (χ1n) is 19.3. The van der Waals surface area contributed by atoms with Crippen molar-refractivity contribution in [1.82, 2.24) is 24.8 Å². The van der Waals surface area contributed by atoms with E-state index in [0.717, 1.165) is 10.5 Å². The Balaban J connectivity index is 1.45. The molecule has 61 heavy (non-hydrogen) atoms. The van der Waals surface area contributed by atoms with Crippen molar-refractivity contribution in [2.75, 3.05) is 26.1 Å². The van der Waals surface area contributed by atoms with Crippen molar-refractivity contribution in [2.24, 2.45) is 11.7 Å². The number of benzene rings is 3. The second kappa shape index (κ2) is 17.9. The molecule has 4 N–H and O–H groups in total. The maximum Gasteiger partial charge on any atom is 0.408 e. The van der Waals surface area contributed by atoms with Gasteiger partial charge in [-0.15, -0.1) is 18.2 Å². The van der Waals surface area contributed by atoms with Crippen molar-refractivity contribution in [3.8, 4) is 22.8 Å². The molecule has 1 saturated heterocycles. The van der Waals surface area contributed by atoms with Gasteiger partial charge < -0.3 is 35.5 Å². The van der Waals surface area contributed by atoms with E-state index in [4.69, 9.17) is 36.5 Å². The number of sulfonamides is 1. The van der Waals surface area contributed by atoms with Crippen molar-refractivity contribution >= 4 is 62.2 Å². The maximum atomic E-state index is 15.0. The van der Waals surface area contributed by atoms with Gasteiger partial charge in [-0.2, -0.15) is 4.31 Å². The van der Waals surface area contributed by atoms with Crippen LogP contribution in [-0.2, 0) is 33.9 Å². The second-order valence-corrected chi connectivity index (χ2v) is 17.7. The molecule has 6 rings (SSSR count). The molecule has 1 aliphatic heterocycles. The van der Waals surface area contributed by atoms with Crippen molar-refractivity contribution < 1.29 is 46.6 Å². The van der Waals surface area contributed by atoms with Gasteiger partial charge in [-0.1, -0.05) is 54.6 Å². The zero-order valence-corrected chi connectivity index (χ0v) is 35.6. The molecule has 3 aromatic carbocycles. The van der Waals surface area contributed by atoms with E-state index in [1.165, 1.54) is 37.5 Å². The molecule has 0 spiro atoms. The molecule has 0 radical (unpaired) electrons. The van der Waals surface area contributed by atoms with Crippen LogP contribution in [0.15, 0.2) is 102 Å². The van der Waals surface area contributed by atoms with E-state index < -0.39 is 87.4 Å². The van der Waals surface area contributed by atoms with Crippen LogP contribution in [0.25, 0.3) is 22.2 Å². The molecule has 2 unspecified atom stereocenters. The van der Waals surface area contributed by atoms with E-state index in [1.54, 1.807) is 51.1 Å². The fraction of sp³-hybridized carbons (Fsp3) is 0.349. The van der Waals surface area contributed by atoms with Gasteiger partial charge in [0, 0.05) is 42.0 Å². The lowest BCUT2D eigenvalue weighted by atomic mass is 10.1. The highest BCUT2D eigenvalue weighted by Crippen LogP contribution is 2.45. The van der Waals surface area contributed by atoms with Crippen molar-refractivity contribution in [2.45, 2.75) is 67.8 Å². The predicted molar refractivity (Wildman–Crippen MR) is 226 cm³/mol. The number of ether oxygens (including phenoxy) is 3. The number of methoxy groups -OCH3 is 1. The number of alkyl carbamates (subject to hydrolysis) is 1. The van der Waals surface area contributed by atoms with E-state index in [-0.39, 0.29) is 28.6 Å². The second-order valence-electron chi connectivity index (χ2n) is 15.7. The Morgan fingerprint density at radius 2 is 1.72 bits per heavy atom.